The number of hydrogen-bond acceptors (Lipinski definition) is 5. The molecule has 3 amide bonds. The number of rotatable bonds is 7. The van der Waals surface area contributed by atoms with Crippen molar-refractivity contribution in [3.05, 3.63) is 58.1 Å². The summed E-state index contributed by atoms with van der Waals surface area (Å²) in [5, 5.41) is 18.2. The number of anilines is 2. The van der Waals surface area contributed by atoms with E-state index in [9.17, 15) is 9.59 Å². The molecule has 1 heterocycles. The minimum atomic E-state index is -0.780. The molecule has 10 heteroatoms. The predicted molar refractivity (Wildman–Crippen MR) is 131 cm³/mol. The van der Waals surface area contributed by atoms with Gasteiger partial charge in [0, 0.05) is 10.6 Å². The van der Waals surface area contributed by atoms with Gasteiger partial charge in [-0.15, -0.1) is 10.2 Å². The zero-order valence-electron chi connectivity index (χ0n) is 17.8. The number of aryl methyl sites for hydroxylation is 1. The standard InChI is InChI=1S/C22H23Cl2N5O2S/c1-4-13(3)18(26-21(31)25-17-10-9-15(23)11-16(17)24)19(30)27-22-29-28-20(32-22)14-7-5-12(2)6-8-14/h5-11,13,18H,4H2,1-3H3,(H2,25,26,31)(H,27,29,30). The number of carbonyl (C=O) groups excluding carboxylic acids is 2. The van der Waals surface area contributed by atoms with E-state index in [1.165, 1.54) is 17.4 Å². The average Bonchev–Trinajstić information content (AvgIpc) is 3.22. The highest BCUT2D eigenvalue weighted by Crippen LogP contribution is 2.27. The molecule has 3 N–H and O–H groups in total. The van der Waals surface area contributed by atoms with Crippen molar-refractivity contribution in [2.24, 2.45) is 5.92 Å². The van der Waals surface area contributed by atoms with E-state index in [0.29, 0.717) is 32.3 Å². The van der Waals surface area contributed by atoms with Crippen LogP contribution in [-0.2, 0) is 4.79 Å². The summed E-state index contributed by atoms with van der Waals surface area (Å²) >= 11 is 13.3. The molecule has 0 aliphatic rings. The Morgan fingerprint density at radius 3 is 2.44 bits per heavy atom. The van der Waals surface area contributed by atoms with Gasteiger partial charge in [-0.2, -0.15) is 0 Å². The van der Waals surface area contributed by atoms with Gasteiger partial charge >= 0.3 is 6.03 Å². The number of urea groups is 1. The summed E-state index contributed by atoms with van der Waals surface area (Å²) in [5.74, 6) is -0.491. The molecule has 0 saturated carbocycles. The summed E-state index contributed by atoms with van der Waals surface area (Å²) in [6.45, 7) is 5.84. The van der Waals surface area contributed by atoms with Gasteiger partial charge in [0.2, 0.25) is 11.0 Å². The number of carbonyl (C=O) groups is 2. The molecule has 2 aromatic carbocycles. The molecule has 0 radical (unpaired) electrons. The van der Waals surface area contributed by atoms with Crippen LogP contribution in [0.2, 0.25) is 10.0 Å². The Kier molecular flexibility index (Phi) is 8.06. The fraction of sp³-hybridized carbons (Fsp3) is 0.273. The van der Waals surface area contributed by atoms with Crippen molar-refractivity contribution in [2.75, 3.05) is 10.6 Å². The summed E-state index contributed by atoms with van der Waals surface area (Å²) in [6.07, 6.45) is 0.685. The van der Waals surface area contributed by atoms with Crippen LogP contribution in [0.25, 0.3) is 10.6 Å². The van der Waals surface area contributed by atoms with Gasteiger partial charge < -0.3 is 10.6 Å². The largest absolute Gasteiger partial charge is 0.326 e. The number of hydrogen-bond donors (Lipinski definition) is 3. The van der Waals surface area contributed by atoms with Crippen LogP contribution in [0.4, 0.5) is 15.6 Å². The highest BCUT2D eigenvalue weighted by molar-refractivity contribution is 7.18. The lowest BCUT2D eigenvalue weighted by atomic mass is 9.98. The van der Waals surface area contributed by atoms with Crippen molar-refractivity contribution in [2.45, 2.75) is 33.2 Å². The van der Waals surface area contributed by atoms with Crippen LogP contribution >= 0.6 is 34.5 Å². The van der Waals surface area contributed by atoms with Crippen LogP contribution < -0.4 is 16.0 Å². The van der Waals surface area contributed by atoms with E-state index in [1.807, 2.05) is 45.0 Å². The number of benzene rings is 2. The third-order valence-electron chi connectivity index (χ3n) is 4.92. The van der Waals surface area contributed by atoms with Crippen LogP contribution in [0, 0.1) is 12.8 Å². The quantitative estimate of drug-likeness (QED) is 0.377. The lowest BCUT2D eigenvalue weighted by molar-refractivity contribution is -0.119. The smallest absolute Gasteiger partial charge is 0.319 e. The highest BCUT2D eigenvalue weighted by Gasteiger charge is 2.27. The zero-order chi connectivity index (χ0) is 23.3. The molecule has 7 nitrogen and oxygen atoms in total. The van der Waals surface area contributed by atoms with E-state index in [2.05, 4.69) is 26.1 Å². The molecule has 0 bridgehead atoms. The monoisotopic (exact) mass is 491 g/mol. The third-order valence-corrected chi connectivity index (χ3v) is 6.35. The molecule has 0 saturated heterocycles. The summed E-state index contributed by atoms with van der Waals surface area (Å²) in [5.41, 5.74) is 2.46. The Bertz CT molecular complexity index is 1100. The van der Waals surface area contributed by atoms with Crippen molar-refractivity contribution in [1.29, 1.82) is 0 Å². The van der Waals surface area contributed by atoms with Gasteiger partial charge in [0.05, 0.1) is 10.7 Å². The normalized spacial score (nSPS) is 12.7. The Morgan fingerprint density at radius 1 is 1.06 bits per heavy atom. The maximum atomic E-state index is 12.9. The van der Waals surface area contributed by atoms with Crippen LogP contribution in [0.3, 0.4) is 0 Å². The van der Waals surface area contributed by atoms with Gasteiger partial charge in [-0.05, 0) is 31.0 Å². The number of halogens is 2. The van der Waals surface area contributed by atoms with Crippen LogP contribution in [0.5, 0.6) is 0 Å². The maximum absolute atomic E-state index is 12.9. The molecular formula is C22H23Cl2N5O2S. The Labute approximate surface area is 200 Å². The van der Waals surface area contributed by atoms with E-state index in [0.717, 1.165) is 11.1 Å². The summed E-state index contributed by atoms with van der Waals surface area (Å²) in [6, 6.07) is 11.3. The predicted octanol–water partition coefficient (Wildman–Crippen LogP) is 6.00. The van der Waals surface area contributed by atoms with Gasteiger partial charge in [0.15, 0.2) is 0 Å². The van der Waals surface area contributed by atoms with Gasteiger partial charge in [0.1, 0.15) is 11.0 Å². The number of amides is 3. The van der Waals surface area contributed by atoms with Crippen molar-refractivity contribution in [3.8, 4) is 10.6 Å². The van der Waals surface area contributed by atoms with Crippen LogP contribution in [0.1, 0.15) is 25.8 Å². The summed E-state index contributed by atoms with van der Waals surface area (Å²) < 4.78 is 0. The molecular weight excluding hydrogens is 469 g/mol. The molecule has 168 valence electrons. The Morgan fingerprint density at radius 2 is 1.78 bits per heavy atom. The average molecular weight is 492 g/mol. The molecule has 0 aliphatic heterocycles. The molecule has 2 unspecified atom stereocenters. The fourth-order valence-electron chi connectivity index (χ4n) is 2.86. The number of aromatic nitrogens is 2. The van der Waals surface area contributed by atoms with Gasteiger partial charge in [0.25, 0.3) is 0 Å². The summed E-state index contributed by atoms with van der Waals surface area (Å²) in [4.78, 5) is 25.5. The van der Waals surface area contributed by atoms with Crippen LogP contribution in [0.15, 0.2) is 42.5 Å². The van der Waals surface area contributed by atoms with Crippen LogP contribution in [-0.4, -0.2) is 28.2 Å². The first kappa shape index (κ1) is 24.0. The van der Waals surface area contributed by atoms with E-state index < -0.39 is 12.1 Å². The second-order valence-corrected chi connectivity index (χ2v) is 9.17. The van der Waals surface area contributed by atoms with Crippen molar-refractivity contribution in [3.63, 3.8) is 0 Å². The van der Waals surface area contributed by atoms with E-state index in [4.69, 9.17) is 23.2 Å². The lowest BCUT2D eigenvalue weighted by Crippen LogP contribution is -2.49. The van der Waals surface area contributed by atoms with Gasteiger partial charge in [-0.3, -0.25) is 10.1 Å². The van der Waals surface area contributed by atoms with E-state index >= 15 is 0 Å². The molecule has 0 fully saturated rings. The minimum Gasteiger partial charge on any atom is -0.326 e. The molecule has 2 atom stereocenters. The van der Waals surface area contributed by atoms with Crippen molar-refractivity contribution < 1.29 is 9.59 Å². The van der Waals surface area contributed by atoms with Crippen molar-refractivity contribution in [1.82, 2.24) is 15.5 Å². The zero-order valence-corrected chi connectivity index (χ0v) is 20.1. The Hall–Kier alpha value is -2.68. The van der Waals surface area contributed by atoms with Gasteiger partial charge in [-0.1, -0.05) is 84.6 Å². The first-order chi connectivity index (χ1) is 15.3. The molecule has 0 spiro atoms. The molecule has 3 aromatic rings. The molecule has 32 heavy (non-hydrogen) atoms. The minimum absolute atomic E-state index is 0.120. The molecule has 1 aromatic heterocycles. The first-order valence-electron chi connectivity index (χ1n) is 10.0. The fourth-order valence-corrected chi connectivity index (χ4v) is 4.07. The summed E-state index contributed by atoms with van der Waals surface area (Å²) in [7, 11) is 0. The lowest BCUT2D eigenvalue weighted by Gasteiger charge is -2.23. The highest BCUT2D eigenvalue weighted by atomic mass is 35.5. The third kappa shape index (κ3) is 6.18. The molecule has 0 aliphatic carbocycles. The number of nitrogens with one attached hydrogen (secondary N) is 3. The van der Waals surface area contributed by atoms with E-state index in [1.54, 1.807) is 12.1 Å². The Balaban J connectivity index is 1.68. The van der Waals surface area contributed by atoms with Gasteiger partial charge in [-0.25, -0.2) is 4.79 Å². The second kappa shape index (κ2) is 10.8. The SMILES string of the molecule is CCC(C)C(NC(=O)Nc1ccc(Cl)cc1Cl)C(=O)Nc1nnc(-c2ccc(C)cc2)s1. The number of nitrogens with zero attached hydrogens (tertiary/aromatic N) is 2. The van der Waals surface area contributed by atoms with E-state index in [-0.39, 0.29) is 11.8 Å². The first-order valence-corrected chi connectivity index (χ1v) is 11.6. The topological polar surface area (TPSA) is 96.0 Å². The molecule has 3 rings (SSSR count). The van der Waals surface area contributed by atoms with Crippen molar-refractivity contribution >= 4 is 57.3 Å². The maximum Gasteiger partial charge on any atom is 0.319 e. The second-order valence-electron chi connectivity index (χ2n) is 7.35.